The Morgan fingerprint density at radius 2 is 1.76 bits per heavy atom. The molecule has 0 aromatic heterocycles. The molecule has 21 heavy (non-hydrogen) atoms. The summed E-state index contributed by atoms with van der Waals surface area (Å²) in [5.41, 5.74) is 4.25. The quantitative estimate of drug-likeness (QED) is 0.354. The lowest BCUT2D eigenvalue weighted by Gasteiger charge is -2.04. The fourth-order valence-corrected chi connectivity index (χ4v) is 1.88. The van der Waals surface area contributed by atoms with Crippen molar-refractivity contribution in [2.45, 2.75) is 20.8 Å². The van der Waals surface area contributed by atoms with Crippen LogP contribution in [-0.2, 0) is 0 Å². The van der Waals surface area contributed by atoms with Crippen LogP contribution in [0.25, 0.3) is 0 Å². The van der Waals surface area contributed by atoms with E-state index >= 15 is 0 Å². The summed E-state index contributed by atoms with van der Waals surface area (Å²) in [5, 5.41) is 0.647. The van der Waals surface area contributed by atoms with Crippen LogP contribution in [0.15, 0.2) is 65.4 Å². The van der Waals surface area contributed by atoms with Gasteiger partial charge in [0, 0.05) is 5.57 Å². The van der Waals surface area contributed by atoms with Crippen molar-refractivity contribution in [2.75, 3.05) is 0 Å². The molecular weight excluding hydrogens is 278 g/mol. The lowest BCUT2D eigenvalue weighted by Crippen LogP contribution is -1.93. The maximum Gasteiger partial charge on any atom is 0.126 e. The van der Waals surface area contributed by atoms with Gasteiger partial charge in [-0.1, -0.05) is 24.3 Å². The number of hydrogen-bond donors (Lipinski definition) is 1. The molecule has 0 aliphatic heterocycles. The summed E-state index contributed by atoms with van der Waals surface area (Å²) >= 11 is 4.44. The summed E-state index contributed by atoms with van der Waals surface area (Å²) in [6.45, 7) is 6.09. The number of aliphatic imine (C=N–C) groups is 1. The highest BCUT2D eigenvalue weighted by molar-refractivity contribution is 7.97. The van der Waals surface area contributed by atoms with Crippen molar-refractivity contribution in [1.29, 1.82) is 0 Å². The predicted molar refractivity (Wildman–Crippen MR) is 92.8 cm³/mol. The fourth-order valence-electron chi connectivity index (χ4n) is 1.71. The minimum atomic E-state index is 0.647. The van der Waals surface area contributed by atoms with Crippen molar-refractivity contribution in [3.63, 3.8) is 0 Å². The van der Waals surface area contributed by atoms with Crippen LogP contribution in [0, 0.1) is 13.8 Å². The Kier molecular flexibility index (Phi) is 5.23. The Morgan fingerprint density at radius 3 is 2.43 bits per heavy atom. The fraction of sp³-hybridized carbons (Fsp3) is 0.167. The van der Waals surface area contributed by atoms with Gasteiger partial charge in [0.05, 0.1) is 17.0 Å². The molecule has 0 N–H and O–H groups in total. The second kappa shape index (κ2) is 7.14. The zero-order chi connectivity index (χ0) is 15.2. The van der Waals surface area contributed by atoms with Gasteiger partial charge in [0.15, 0.2) is 0 Å². The van der Waals surface area contributed by atoms with Gasteiger partial charge in [-0.05, 0) is 56.2 Å². The summed E-state index contributed by atoms with van der Waals surface area (Å²) in [4.78, 5) is 4.51. The third-order valence-electron chi connectivity index (χ3n) is 3.19. The highest BCUT2D eigenvalue weighted by Crippen LogP contribution is 2.19. The van der Waals surface area contributed by atoms with Gasteiger partial charge >= 0.3 is 0 Å². The summed E-state index contributed by atoms with van der Waals surface area (Å²) in [5.74, 6) is 0.796. The number of nitrogens with zero attached hydrogens (tertiary/aromatic N) is 1. The van der Waals surface area contributed by atoms with Crippen LogP contribution in [0.1, 0.15) is 18.1 Å². The first-order chi connectivity index (χ1) is 10.1. The molecule has 2 aromatic carbocycles. The molecule has 0 heterocycles. The van der Waals surface area contributed by atoms with E-state index in [1.807, 2.05) is 43.3 Å². The topological polar surface area (TPSA) is 21.6 Å². The number of thiol groups is 1. The number of ether oxygens (including phenoxy) is 1. The molecule has 0 radical (unpaired) electrons. The third kappa shape index (κ3) is 4.50. The number of hydrogen-bond acceptors (Lipinski definition) is 2. The molecule has 2 rings (SSSR count). The lowest BCUT2D eigenvalue weighted by atomic mass is 10.1. The molecular formula is C18H19NOS. The van der Waals surface area contributed by atoms with E-state index in [-0.39, 0.29) is 0 Å². The predicted octanol–water partition coefficient (Wildman–Crippen LogP) is 5.25. The average molecular weight is 297 g/mol. The van der Waals surface area contributed by atoms with E-state index in [4.69, 9.17) is 4.74 Å². The molecule has 0 saturated carbocycles. The maximum atomic E-state index is 5.58. The van der Waals surface area contributed by atoms with Gasteiger partial charge < -0.3 is 4.74 Å². The third-order valence-corrected chi connectivity index (χ3v) is 3.65. The number of para-hydroxylation sites is 1. The van der Waals surface area contributed by atoms with Crippen LogP contribution < -0.4 is 4.74 Å². The van der Waals surface area contributed by atoms with Crippen LogP contribution in [-0.4, -0.2) is 5.04 Å². The zero-order valence-electron chi connectivity index (χ0n) is 12.5. The normalized spacial score (nSPS) is 12.4. The Hall–Kier alpha value is -2.00. The molecule has 0 unspecified atom stereocenters. The Bertz CT molecular complexity index is 675. The van der Waals surface area contributed by atoms with Crippen LogP contribution in [0.5, 0.6) is 5.75 Å². The first-order valence-electron chi connectivity index (χ1n) is 6.80. The van der Waals surface area contributed by atoms with Crippen molar-refractivity contribution >= 4 is 23.4 Å². The Balaban J connectivity index is 2.12. The molecule has 2 nitrogen and oxygen atoms in total. The smallest absolute Gasteiger partial charge is 0.126 e. The second-order valence-electron chi connectivity index (χ2n) is 4.94. The van der Waals surface area contributed by atoms with E-state index in [2.05, 4.69) is 43.6 Å². The van der Waals surface area contributed by atoms with Crippen LogP contribution in [0.2, 0.25) is 0 Å². The molecule has 108 valence electrons. The van der Waals surface area contributed by atoms with Crippen molar-refractivity contribution in [2.24, 2.45) is 4.99 Å². The van der Waals surface area contributed by atoms with Gasteiger partial charge in [0.25, 0.3) is 0 Å². The van der Waals surface area contributed by atoms with Crippen molar-refractivity contribution in [3.05, 3.63) is 71.5 Å². The molecule has 2 aromatic rings. The van der Waals surface area contributed by atoms with E-state index < -0.39 is 0 Å². The van der Waals surface area contributed by atoms with E-state index in [0.29, 0.717) is 5.04 Å². The van der Waals surface area contributed by atoms with Crippen LogP contribution in [0.3, 0.4) is 0 Å². The molecule has 3 heteroatoms. The molecule has 0 spiro atoms. The number of rotatable bonds is 4. The highest BCUT2D eigenvalue weighted by Gasteiger charge is 2.00. The van der Waals surface area contributed by atoms with E-state index in [9.17, 15) is 0 Å². The molecule has 0 bridgehead atoms. The molecule has 0 atom stereocenters. The number of aryl methyl sites for hydroxylation is 2. The summed E-state index contributed by atoms with van der Waals surface area (Å²) in [6.07, 6.45) is 1.67. The monoisotopic (exact) mass is 297 g/mol. The second-order valence-corrected chi connectivity index (χ2v) is 5.36. The van der Waals surface area contributed by atoms with E-state index in [1.165, 1.54) is 11.1 Å². The SMILES string of the molecule is CC(=C\Oc1ccccc1)/C(S)=N/c1ccc(C)c(C)c1. The minimum Gasteiger partial charge on any atom is -0.465 e. The first kappa shape index (κ1) is 15.4. The largest absolute Gasteiger partial charge is 0.465 e. The molecule has 0 aliphatic rings. The molecule has 0 saturated heterocycles. The maximum absolute atomic E-state index is 5.58. The molecule has 0 amide bonds. The van der Waals surface area contributed by atoms with Crippen molar-refractivity contribution < 1.29 is 4.74 Å². The van der Waals surface area contributed by atoms with Gasteiger partial charge in [0.2, 0.25) is 0 Å². The summed E-state index contributed by atoms with van der Waals surface area (Å²) in [7, 11) is 0. The summed E-state index contributed by atoms with van der Waals surface area (Å²) < 4.78 is 5.58. The average Bonchev–Trinajstić information content (AvgIpc) is 2.49. The minimum absolute atomic E-state index is 0.647. The van der Waals surface area contributed by atoms with Crippen LogP contribution >= 0.6 is 12.6 Å². The molecule has 0 fully saturated rings. The van der Waals surface area contributed by atoms with Crippen LogP contribution in [0.4, 0.5) is 5.69 Å². The van der Waals surface area contributed by atoms with Gasteiger partial charge in [-0.25, -0.2) is 4.99 Å². The van der Waals surface area contributed by atoms with Crippen molar-refractivity contribution in [1.82, 2.24) is 0 Å². The van der Waals surface area contributed by atoms with Gasteiger partial charge in [-0.2, -0.15) is 0 Å². The Morgan fingerprint density at radius 1 is 1.05 bits per heavy atom. The number of benzene rings is 2. The van der Waals surface area contributed by atoms with E-state index in [1.54, 1.807) is 6.26 Å². The Labute approximate surface area is 131 Å². The highest BCUT2D eigenvalue weighted by atomic mass is 32.1. The zero-order valence-corrected chi connectivity index (χ0v) is 13.4. The van der Waals surface area contributed by atoms with Crippen molar-refractivity contribution in [3.8, 4) is 5.75 Å². The van der Waals surface area contributed by atoms with Gasteiger partial charge in [0.1, 0.15) is 5.75 Å². The molecule has 0 aliphatic carbocycles. The van der Waals surface area contributed by atoms with E-state index in [0.717, 1.165) is 17.0 Å². The van der Waals surface area contributed by atoms with Gasteiger partial charge in [-0.3, -0.25) is 0 Å². The lowest BCUT2D eigenvalue weighted by molar-refractivity contribution is 0.478. The first-order valence-corrected chi connectivity index (χ1v) is 7.25. The van der Waals surface area contributed by atoms with Gasteiger partial charge in [-0.15, -0.1) is 12.6 Å². The standard InChI is InChI=1S/C18H19NOS/c1-13-9-10-16(11-14(13)2)19-18(21)15(3)12-20-17-7-5-4-6-8-17/h4-12H,1-3H3,(H,19,21)/b15-12+. The summed E-state index contributed by atoms with van der Waals surface area (Å²) in [6, 6.07) is 15.7.